The number of pyridine rings is 1. The Balaban J connectivity index is 2.14. The molecule has 0 unspecified atom stereocenters. The lowest BCUT2D eigenvalue weighted by atomic mass is 10.1. The Bertz CT molecular complexity index is 1120. The second-order valence-electron chi connectivity index (χ2n) is 5.60. The maximum atomic E-state index is 13.1. The molecule has 27 heavy (non-hydrogen) atoms. The lowest BCUT2D eigenvalue weighted by Crippen LogP contribution is -2.35. The van der Waals surface area contributed by atoms with Crippen molar-refractivity contribution in [1.82, 2.24) is 19.9 Å². The molecule has 1 amide bonds. The lowest BCUT2D eigenvalue weighted by molar-refractivity contribution is -0.135. The molecule has 3 N–H and O–H groups in total. The molecule has 1 aromatic carbocycles. The summed E-state index contributed by atoms with van der Waals surface area (Å²) in [6.45, 7) is -0.709. The molecule has 3 aromatic rings. The van der Waals surface area contributed by atoms with Crippen molar-refractivity contribution in [2.24, 2.45) is 7.05 Å². The molecule has 3 rings (SSSR count). The smallest absolute Gasteiger partial charge is 0.322 e. The molecule has 0 aliphatic carbocycles. The van der Waals surface area contributed by atoms with Crippen LogP contribution >= 0.6 is 0 Å². The van der Waals surface area contributed by atoms with Gasteiger partial charge >= 0.3 is 5.97 Å². The molecule has 0 spiro atoms. The first kappa shape index (κ1) is 18.0. The minimum Gasteiger partial charge on any atom is -0.506 e. The van der Waals surface area contributed by atoms with Crippen LogP contribution in [-0.4, -0.2) is 43.2 Å². The monoisotopic (exact) mass is 372 g/mol. The molecule has 0 saturated carbocycles. The van der Waals surface area contributed by atoms with Gasteiger partial charge in [0.2, 0.25) is 0 Å². The first-order valence-electron chi connectivity index (χ1n) is 7.64. The second-order valence-corrected chi connectivity index (χ2v) is 5.60. The van der Waals surface area contributed by atoms with Gasteiger partial charge in [-0.2, -0.15) is 0 Å². The van der Waals surface area contributed by atoms with E-state index in [0.29, 0.717) is 5.56 Å². The van der Waals surface area contributed by atoms with E-state index in [0.717, 1.165) is 4.57 Å². The number of carboxylic acids is 1. The number of aromatic hydroxyl groups is 1. The van der Waals surface area contributed by atoms with Crippen LogP contribution in [0.4, 0.5) is 4.39 Å². The van der Waals surface area contributed by atoms with E-state index in [1.165, 1.54) is 37.5 Å². The molecule has 0 radical (unpaired) electrons. The van der Waals surface area contributed by atoms with Crippen molar-refractivity contribution in [1.29, 1.82) is 0 Å². The van der Waals surface area contributed by atoms with E-state index >= 15 is 0 Å². The number of nitrogens with one attached hydrogen (secondary N) is 1. The number of amides is 1. The third-order valence-corrected chi connectivity index (χ3v) is 3.83. The van der Waals surface area contributed by atoms with Crippen molar-refractivity contribution in [3.05, 3.63) is 52.2 Å². The molecule has 0 aliphatic rings. The quantitative estimate of drug-likeness (QED) is 0.612. The van der Waals surface area contributed by atoms with Gasteiger partial charge in [-0.15, -0.1) is 0 Å². The average Bonchev–Trinajstić information content (AvgIpc) is 2.65. The summed E-state index contributed by atoms with van der Waals surface area (Å²) in [6.07, 6.45) is 1.23. The third-order valence-electron chi connectivity index (χ3n) is 3.83. The maximum absolute atomic E-state index is 13.1. The fraction of sp³-hybridized carbons (Fsp3) is 0.118. The third kappa shape index (κ3) is 3.32. The molecule has 0 bridgehead atoms. The zero-order valence-electron chi connectivity index (χ0n) is 13.9. The Morgan fingerprint density at radius 3 is 2.56 bits per heavy atom. The molecular weight excluding hydrogens is 359 g/mol. The molecule has 0 atom stereocenters. The SMILES string of the molecule is Cn1c(=O)c(C(=O)NCC(=O)O)c(O)c2cnc(-c3ccc(F)cc3)nc21. The topological polar surface area (TPSA) is 134 Å². The standard InChI is InChI=1S/C17H13FN4O5/c1-22-15-10(6-19-14(21-15)8-2-4-9(18)5-3-8)13(25)12(17(22)27)16(26)20-7-11(23)24/h2-6,25H,7H2,1H3,(H,20,26)(H,23,24). The van der Waals surface area contributed by atoms with Gasteiger partial charge in [0.1, 0.15) is 29.3 Å². The number of hydrogen-bond donors (Lipinski definition) is 3. The van der Waals surface area contributed by atoms with Gasteiger partial charge in [-0.1, -0.05) is 0 Å². The van der Waals surface area contributed by atoms with Gasteiger partial charge < -0.3 is 15.5 Å². The predicted octanol–water partition coefficient (Wildman–Crippen LogP) is 0.655. The van der Waals surface area contributed by atoms with Gasteiger partial charge in [-0.25, -0.2) is 14.4 Å². The fourth-order valence-corrected chi connectivity index (χ4v) is 2.48. The highest BCUT2D eigenvalue weighted by atomic mass is 19.1. The van der Waals surface area contributed by atoms with Crippen LogP contribution in [-0.2, 0) is 11.8 Å². The van der Waals surface area contributed by atoms with Gasteiger partial charge in [-0.05, 0) is 24.3 Å². The summed E-state index contributed by atoms with van der Waals surface area (Å²) >= 11 is 0. The van der Waals surface area contributed by atoms with Crippen LogP contribution in [0.15, 0.2) is 35.3 Å². The predicted molar refractivity (Wildman–Crippen MR) is 91.8 cm³/mol. The Hall–Kier alpha value is -3.82. The maximum Gasteiger partial charge on any atom is 0.322 e. The summed E-state index contributed by atoms with van der Waals surface area (Å²) in [5, 5.41) is 21.0. The van der Waals surface area contributed by atoms with Crippen LogP contribution in [0.2, 0.25) is 0 Å². The van der Waals surface area contributed by atoms with Gasteiger partial charge in [0.25, 0.3) is 11.5 Å². The zero-order chi connectivity index (χ0) is 19.7. The lowest BCUT2D eigenvalue weighted by Gasteiger charge is -2.11. The first-order valence-corrected chi connectivity index (χ1v) is 7.64. The Morgan fingerprint density at radius 2 is 1.93 bits per heavy atom. The Labute approximate surface area is 150 Å². The van der Waals surface area contributed by atoms with E-state index in [2.05, 4.69) is 9.97 Å². The molecule has 0 fully saturated rings. The summed E-state index contributed by atoms with van der Waals surface area (Å²) in [7, 11) is 1.35. The molecule has 0 aliphatic heterocycles. The van der Waals surface area contributed by atoms with Gasteiger partial charge in [0.05, 0.1) is 5.39 Å². The van der Waals surface area contributed by atoms with E-state index < -0.39 is 41.1 Å². The summed E-state index contributed by atoms with van der Waals surface area (Å²) in [4.78, 5) is 43.4. The number of aliphatic carboxylic acids is 1. The molecule has 10 heteroatoms. The number of carboxylic acid groups (broad SMARTS) is 1. The molecule has 0 saturated heterocycles. The fourth-order valence-electron chi connectivity index (χ4n) is 2.48. The zero-order valence-corrected chi connectivity index (χ0v) is 13.9. The number of benzene rings is 1. The van der Waals surface area contributed by atoms with Gasteiger partial charge in [-0.3, -0.25) is 19.0 Å². The van der Waals surface area contributed by atoms with Crippen molar-refractivity contribution < 1.29 is 24.2 Å². The van der Waals surface area contributed by atoms with E-state index in [1.54, 1.807) is 0 Å². The van der Waals surface area contributed by atoms with Crippen LogP contribution in [0.3, 0.4) is 0 Å². The van der Waals surface area contributed by atoms with Crippen molar-refractivity contribution in [2.45, 2.75) is 0 Å². The normalized spacial score (nSPS) is 10.7. The molecular formula is C17H13FN4O5. The van der Waals surface area contributed by atoms with E-state index in [9.17, 15) is 23.9 Å². The number of rotatable bonds is 4. The summed E-state index contributed by atoms with van der Waals surface area (Å²) in [5.41, 5.74) is -0.911. The van der Waals surface area contributed by atoms with Gasteiger partial charge in [0, 0.05) is 18.8 Å². The van der Waals surface area contributed by atoms with Crippen LogP contribution in [0, 0.1) is 5.82 Å². The average molecular weight is 372 g/mol. The van der Waals surface area contributed by atoms with Crippen molar-refractivity contribution in [3.63, 3.8) is 0 Å². The number of carbonyl (C=O) groups excluding carboxylic acids is 1. The molecule has 9 nitrogen and oxygen atoms in total. The van der Waals surface area contributed by atoms with Crippen LogP contribution in [0.5, 0.6) is 5.75 Å². The highest BCUT2D eigenvalue weighted by Crippen LogP contribution is 2.26. The molecule has 2 aromatic heterocycles. The van der Waals surface area contributed by atoms with Crippen LogP contribution in [0.1, 0.15) is 10.4 Å². The van der Waals surface area contributed by atoms with Crippen molar-refractivity contribution in [2.75, 3.05) is 6.54 Å². The molecule has 2 heterocycles. The largest absolute Gasteiger partial charge is 0.506 e. The minimum atomic E-state index is -1.30. The number of halogens is 1. The number of aromatic nitrogens is 3. The highest BCUT2D eigenvalue weighted by Gasteiger charge is 2.22. The number of nitrogens with zero attached hydrogens (tertiary/aromatic N) is 3. The van der Waals surface area contributed by atoms with Crippen LogP contribution in [0.25, 0.3) is 22.4 Å². The van der Waals surface area contributed by atoms with Crippen molar-refractivity contribution >= 4 is 22.9 Å². The number of aryl methyl sites for hydroxylation is 1. The van der Waals surface area contributed by atoms with E-state index in [1.807, 2.05) is 5.32 Å². The summed E-state index contributed by atoms with van der Waals surface area (Å²) in [6, 6.07) is 5.38. The molecule has 138 valence electrons. The van der Waals surface area contributed by atoms with E-state index in [-0.39, 0.29) is 16.9 Å². The minimum absolute atomic E-state index is 0.0310. The number of hydrogen-bond acceptors (Lipinski definition) is 6. The Morgan fingerprint density at radius 1 is 1.26 bits per heavy atom. The first-order chi connectivity index (χ1) is 12.8. The van der Waals surface area contributed by atoms with Crippen molar-refractivity contribution in [3.8, 4) is 17.1 Å². The number of carbonyl (C=O) groups is 2. The Kier molecular flexibility index (Phi) is 4.55. The highest BCUT2D eigenvalue weighted by molar-refractivity contribution is 6.02. The van der Waals surface area contributed by atoms with Crippen LogP contribution < -0.4 is 10.9 Å². The summed E-state index contributed by atoms with van der Waals surface area (Å²) < 4.78 is 14.1. The van der Waals surface area contributed by atoms with E-state index in [4.69, 9.17) is 5.11 Å². The number of fused-ring (bicyclic) bond motifs is 1. The van der Waals surface area contributed by atoms with Gasteiger partial charge in [0.15, 0.2) is 5.82 Å². The second kappa shape index (κ2) is 6.83. The summed E-state index contributed by atoms with van der Waals surface area (Å²) in [5.74, 6) is -3.21.